The Morgan fingerprint density at radius 1 is 1.29 bits per heavy atom. The second-order valence-corrected chi connectivity index (χ2v) is 4.88. The highest BCUT2D eigenvalue weighted by atomic mass is 19.1. The number of ether oxygens (including phenoxy) is 1. The number of nitrogens with two attached hydrogens (primary N) is 1. The highest BCUT2D eigenvalue weighted by Crippen LogP contribution is 2.35. The van der Waals surface area contributed by atoms with Gasteiger partial charge >= 0.3 is 0 Å². The molecule has 0 aliphatic carbocycles. The van der Waals surface area contributed by atoms with E-state index in [1.165, 1.54) is 6.20 Å². The van der Waals surface area contributed by atoms with Crippen molar-refractivity contribution in [3.8, 4) is 11.5 Å². The minimum atomic E-state index is -0.571. The Labute approximate surface area is 122 Å². The number of aryl methyl sites for hydroxylation is 1. The molecule has 0 amide bonds. The van der Waals surface area contributed by atoms with Gasteiger partial charge in [-0.2, -0.15) is 4.39 Å². The fourth-order valence-electron chi connectivity index (χ4n) is 1.91. The first-order chi connectivity index (χ1) is 9.92. The molecule has 0 fully saturated rings. The molecule has 0 atom stereocenters. The monoisotopic (exact) mass is 291 g/mol. The van der Waals surface area contributed by atoms with E-state index >= 15 is 0 Å². The van der Waals surface area contributed by atoms with E-state index in [4.69, 9.17) is 10.5 Å². The maximum absolute atomic E-state index is 14.1. The number of nitrogens with zero attached hydrogens (tertiary/aromatic N) is 3. The summed E-state index contributed by atoms with van der Waals surface area (Å²) in [6.07, 6.45) is 1.47. The van der Waals surface area contributed by atoms with E-state index in [0.29, 0.717) is 23.0 Å². The van der Waals surface area contributed by atoms with E-state index in [0.717, 1.165) is 0 Å². The van der Waals surface area contributed by atoms with Crippen LogP contribution >= 0.6 is 0 Å². The maximum atomic E-state index is 14.1. The summed E-state index contributed by atoms with van der Waals surface area (Å²) >= 11 is 0. The first-order valence-corrected chi connectivity index (χ1v) is 6.57. The van der Waals surface area contributed by atoms with Crippen molar-refractivity contribution in [3.63, 3.8) is 0 Å². The summed E-state index contributed by atoms with van der Waals surface area (Å²) in [4.78, 5) is 11.9. The van der Waals surface area contributed by atoms with Gasteiger partial charge in [0.25, 0.3) is 0 Å². The number of pyridine rings is 1. The largest absolute Gasteiger partial charge is 0.451 e. The molecule has 0 aliphatic heterocycles. The lowest BCUT2D eigenvalue weighted by Gasteiger charge is -2.16. The highest BCUT2D eigenvalue weighted by molar-refractivity contribution is 5.51. The van der Waals surface area contributed by atoms with Crippen LogP contribution in [-0.2, 0) is 0 Å². The molecule has 0 saturated heterocycles. The van der Waals surface area contributed by atoms with Gasteiger partial charge in [-0.1, -0.05) is 13.8 Å². The van der Waals surface area contributed by atoms with Gasteiger partial charge in [0.2, 0.25) is 5.95 Å². The number of hydrogen-bond donors (Lipinski definition) is 2. The molecule has 0 bridgehead atoms. The van der Waals surface area contributed by atoms with E-state index in [1.807, 2.05) is 13.8 Å². The Balaban J connectivity index is 2.49. The van der Waals surface area contributed by atoms with Crippen LogP contribution in [0.15, 0.2) is 12.3 Å². The summed E-state index contributed by atoms with van der Waals surface area (Å²) in [5, 5.41) is 2.79. The quantitative estimate of drug-likeness (QED) is 0.842. The molecular weight excluding hydrogens is 273 g/mol. The van der Waals surface area contributed by atoms with Crippen LogP contribution in [0.25, 0.3) is 0 Å². The Hall–Kier alpha value is -2.44. The molecule has 2 heterocycles. The zero-order valence-corrected chi connectivity index (χ0v) is 12.4. The molecule has 0 aliphatic rings. The Morgan fingerprint density at radius 2 is 2.00 bits per heavy atom. The van der Waals surface area contributed by atoms with Crippen molar-refractivity contribution in [1.29, 1.82) is 0 Å². The fourth-order valence-corrected chi connectivity index (χ4v) is 1.91. The molecule has 0 saturated carbocycles. The normalized spacial score (nSPS) is 10.8. The molecule has 0 spiro atoms. The SMILES string of the molecule is CNc1cc(Oc2cnc(C)nc2N)c(C(C)C)c(F)n1. The molecule has 6 nitrogen and oxygen atoms in total. The first kappa shape index (κ1) is 15.0. The number of anilines is 2. The minimum absolute atomic E-state index is 0.0917. The molecule has 21 heavy (non-hydrogen) atoms. The third-order valence-electron chi connectivity index (χ3n) is 2.93. The summed E-state index contributed by atoms with van der Waals surface area (Å²) in [6.45, 7) is 5.45. The molecular formula is C14H18FN5O. The highest BCUT2D eigenvalue weighted by Gasteiger charge is 2.18. The van der Waals surface area contributed by atoms with Crippen LogP contribution in [0.4, 0.5) is 16.0 Å². The Kier molecular flexibility index (Phi) is 4.21. The van der Waals surface area contributed by atoms with Crippen molar-refractivity contribution >= 4 is 11.6 Å². The van der Waals surface area contributed by atoms with Gasteiger partial charge in [0.05, 0.1) is 11.8 Å². The van der Waals surface area contributed by atoms with E-state index < -0.39 is 5.95 Å². The van der Waals surface area contributed by atoms with Crippen LogP contribution < -0.4 is 15.8 Å². The lowest BCUT2D eigenvalue weighted by Crippen LogP contribution is -2.05. The van der Waals surface area contributed by atoms with Crippen LogP contribution in [0.3, 0.4) is 0 Å². The van der Waals surface area contributed by atoms with Crippen molar-refractivity contribution in [3.05, 3.63) is 29.6 Å². The van der Waals surface area contributed by atoms with Crippen molar-refractivity contribution < 1.29 is 9.13 Å². The predicted molar refractivity (Wildman–Crippen MR) is 79.1 cm³/mol. The molecule has 2 rings (SSSR count). The topological polar surface area (TPSA) is 86.0 Å². The number of aromatic nitrogens is 3. The number of hydrogen-bond acceptors (Lipinski definition) is 6. The summed E-state index contributed by atoms with van der Waals surface area (Å²) < 4.78 is 19.8. The van der Waals surface area contributed by atoms with Crippen LogP contribution in [0.2, 0.25) is 0 Å². The summed E-state index contributed by atoms with van der Waals surface area (Å²) in [6, 6.07) is 1.62. The summed E-state index contributed by atoms with van der Waals surface area (Å²) in [5.41, 5.74) is 6.19. The molecule has 7 heteroatoms. The second-order valence-electron chi connectivity index (χ2n) is 4.88. The predicted octanol–water partition coefficient (Wildman–Crippen LogP) is 2.86. The van der Waals surface area contributed by atoms with Gasteiger partial charge in [-0.05, 0) is 12.8 Å². The number of halogens is 1. The molecule has 0 aromatic carbocycles. The zero-order valence-electron chi connectivity index (χ0n) is 12.4. The van der Waals surface area contributed by atoms with Gasteiger partial charge in [0.1, 0.15) is 17.4 Å². The maximum Gasteiger partial charge on any atom is 0.222 e. The van der Waals surface area contributed by atoms with E-state index in [2.05, 4.69) is 20.3 Å². The summed E-state index contributed by atoms with van der Waals surface area (Å²) in [5.74, 6) is 1.10. The number of rotatable bonds is 4. The van der Waals surface area contributed by atoms with Crippen LogP contribution in [-0.4, -0.2) is 22.0 Å². The average molecular weight is 291 g/mol. The zero-order chi connectivity index (χ0) is 15.6. The lowest BCUT2D eigenvalue weighted by molar-refractivity contribution is 0.454. The van der Waals surface area contributed by atoms with E-state index in [-0.39, 0.29) is 17.5 Å². The van der Waals surface area contributed by atoms with Gasteiger partial charge in [0.15, 0.2) is 11.6 Å². The van der Waals surface area contributed by atoms with Gasteiger partial charge in [-0.3, -0.25) is 0 Å². The third-order valence-corrected chi connectivity index (χ3v) is 2.93. The smallest absolute Gasteiger partial charge is 0.222 e. The molecule has 3 N–H and O–H groups in total. The molecule has 2 aromatic rings. The van der Waals surface area contributed by atoms with Crippen molar-refractivity contribution in [2.45, 2.75) is 26.7 Å². The van der Waals surface area contributed by atoms with Crippen molar-refractivity contribution in [2.24, 2.45) is 0 Å². The number of nitrogen functional groups attached to an aromatic ring is 1. The summed E-state index contributed by atoms with van der Waals surface area (Å²) in [7, 11) is 1.66. The average Bonchev–Trinajstić information content (AvgIpc) is 2.40. The fraction of sp³-hybridized carbons (Fsp3) is 0.357. The van der Waals surface area contributed by atoms with E-state index in [1.54, 1.807) is 20.0 Å². The molecule has 0 radical (unpaired) electrons. The van der Waals surface area contributed by atoms with Crippen LogP contribution in [0.5, 0.6) is 11.5 Å². The lowest BCUT2D eigenvalue weighted by atomic mass is 10.0. The van der Waals surface area contributed by atoms with Gasteiger partial charge in [0, 0.05) is 13.1 Å². The van der Waals surface area contributed by atoms with Crippen LogP contribution in [0, 0.1) is 12.9 Å². The number of nitrogens with one attached hydrogen (secondary N) is 1. The van der Waals surface area contributed by atoms with Gasteiger partial charge in [-0.15, -0.1) is 0 Å². The Bertz CT molecular complexity index is 660. The first-order valence-electron chi connectivity index (χ1n) is 6.57. The van der Waals surface area contributed by atoms with E-state index in [9.17, 15) is 4.39 Å². The second kappa shape index (κ2) is 5.90. The standard InChI is InChI=1S/C14H18FN5O/c1-7(2)12-9(5-11(17-4)20-13(12)15)21-10-6-18-8(3)19-14(10)16/h5-7H,1-4H3,(H,17,20)(H2,16,18,19). The molecule has 2 aromatic heterocycles. The van der Waals surface area contributed by atoms with Gasteiger partial charge < -0.3 is 15.8 Å². The van der Waals surface area contributed by atoms with Crippen molar-refractivity contribution in [2.75, 3.05) is 18.1 Å². The van der Waals surface area contributed by atoms with Crippen molar-refractivity contribution in [1.82, 2.24) is 15.0 Å². The van der Waals surface area contributed by atoms with Gasteiger partial charge in [-0.25, -0.2) is 15.0 Å². The third kappa shape index (κ3) is 3.18. The molecule has 112 valence electrons. The van der Waals surface area contributed by atoms with Crippen LogP contribution in [0.1, 0.15) is 31.2 Å². The minimum Gasteiger partial charge on any atom is -0.451 e. The molecule has 0 unspecified atom stereocenters. The Morgan fingerprint density at radius 3 is 2.57 bits per heavy atom.